The summed E-state index contributed by atoms with van der Waals surface area (Å²) in [5.41, 5.74) is 2.59. The van der Waals surface area contributed by atoms with E-state index in [1.54, 1.807) is 4.52 Å². The average Bonchev–Trinajstić information content (AvgIpc) is 2.60. The molecule has 3 aromatic rings. The molecule has 0 spiro atoms. The number of nitrogens with zero attached hydrogens (tertiary/aromatic N) is 2. The predicted octanol–water partition coefficient (Wildman–Crippen LogP) is 1.48. The van der Waals surface area contributed by atoms with Gasteiger partial charge in [-0.15, -0.1) is 0 Å². The minimum atomic E-state index is -0.111. The second kappa shape index (κ2) is 2.70. The molecule has 0 fully saturated rings. The number of aromatic nitrogens is 3. The molecule has 0 aliphatic carbocycles. The second-order valence-corrected chi connectivity index (χ2v) is 3.57. The Kier molecular flexibility index (Phi) is 1.48. The normalized spacial score (nSPS) is 11.3. The van der Waals surface area contributed by atoms with Gasteiger partial charge >= 0.3 is 0 Å². The maximum atomic E-state index is 11.5. The number of H-pyrrole nitrogens is 1. The molecule has 2 heterocycles. The number of aryl methyl sites for hydroxylation is 1. The van der Waals surface area contributed by atoms with Gasteiger partial charge in [-0.3, -0.25) is 4.79 Å². The van der Waals surface area contributed by atoms with E-state index in [2.05, 4.69) is 10.1 Å². The quantitative estimate of drug-likeness (QED) is 0.596. The fraction of sp³-hybridized carbons (Fsp3) is 0.0909. The highest BCUT2D eigenvalue weighted by Gasteiger charge is 2.06. The molecule has 0 amide bonds. The molecule has 0 aliphatic rings. The summed E-state index contributed by atoms with van der Waals surface area (Å²) in [6, 6.07) is 7.82. The lowest BCUT2D eigenvalue weighted by atomic mass is 10.1. The Balaban J connectivity index is 2.69. The number of rotatable bonds is 0. The Morgan fingerprint density at radius 3 is 3.07 bits per heavy atom. The lowest BCUT2D eigenvalue weighted by Crippen LogP contribution is -2.09. The van der Waals surface area contributed by atoms with Crippen LogP contribution in [0.25, 0.3) is 16.4 Å². The van der Waals surface area contributed by atoms with E-state index in [4.69, 9.17) is 0 Å². The molecule has 4 nitrogen and oxygen atoms in total. The predicted molar refractivity (Wildman–Crippen MR) is 58.1 cm³/mol. The number of fused-ring (bicyclic) bond motifs is 3. The van der Waals surface area contributed by atoms with Gasteiger partial charge in [-0.1, -0.05) is 12.1 Å². The Morgan fingerprint density at radius 2 is 2.20 bits per heavy atom. The van der Waals surface area contributed by atoms with Crippen LogP contribution in [0.1, 0.15) is 5.56 Å². The van der Waals surface area contributed by atoms with Gasteiger partial charge in [0.1, 0.15) is 11.8 Å². The zero-order valence-corrected chi connectivity index (χ0v) is 8.19. The molecule has 4 heteroatoms. The Hall–Kier alpha value is -2.10. The fourth-order valence-electron chi connectivity index (χ4n) is 1.87. The summed E-state index contributed by atoms with van der Waals surface area (Å²) in [5.74, 6) is 0. The molecule has 0 bridgehead atoms. The first-order valence-corrected chi connectivity index (χ1v) is 4.72. The smallest absolute Gasteiger partial charge is 0.275 e. The molecule has 0 atom stereocenters. The highest BCUT2D eigenvalue weighted by Crippen LogP contribution is 2.20. The van der Waals surface area contributed by atoms with Gasteiger partial charge in [0.25, 0.3) is 5.56 Å². The Labute approximate surface area is 85.2 Å². The molecule has 2 aromatic heterocycles. The highest BCUT2D eigenvalue weighted by molar-refractivity contribution is 5.88. The molecule has 0 saturated carbocycles. The molecule has 0 unspecified atom stereocenters. The summed E-state index contributed by atoms with van der Waals surface area (Å²) in [6.07, 6.45) is 1.41. The summed E-state index contributed by atoms with van der Waals surface area (Å²) in [7, 11) is 0. The summed E-state index contributed by atoms with van der Waals surface area (Å²) < 4.78 is 1.67. The van der Waals surface area contributed by atoms with E-state index in [1.807, 2.05) is 31.2 Å². The molecule has 3 rings (SSSR count). The van der Waals surface area contributed by atoms with Crippen LogP contribution in [0.2, 0.25) is 0 Å². The zero-order chi connectivity index (χ0) is 10.4. The van der Waals surface area contributed by atoms with Crippen molar-refractivity contribution in [3.63, 3.8) is 0 Å². The lowest BCUT2D eigenvalue weighted by molar-refractivity contribution is 0.914. The van der Waals surface area contributed by atoms with Gasteiger partial charge in [-0.05, 0) is 24.6 Å². The molecule has 15 heavy (non-hydrogen) atoms. The molecule has 0 saturated heterocycles. The van der Waals surface area contributed by atoms with Crippen molar-refractivity contribution in [2.45, 2.75) is 6.92 Å². The summed E-state index contributed by atoms with van der Waals surface area (Å²) >= 11 is 0. The monoisotopic (exact) mass is 199 g/mol. The minimum Gasteiger partial charge on any atom is -0.310 e. The van der Waals surface area contributed by atoms with Crippen LogP contribution in [-0.2, 0) is 0 Å². The van der Waals surface area contributed by atoms with E-state index in [1.165, 1.54) is 6.33 Å². The highest BCUT2D eigenvalue weighted by atomic mass is 16.1. The van der Waals surface area contributed by atoms with Crippen molar-refractivity contribution in [2.24, 2.45) is 0 Å². The first-order valence-electron chi connectivity index (χ1n) is 4.72. The molecule has 1 N–H and O–H groups in total. The zero-order valence-electron chi connectivity index (χ0n) is 8.19. The first kappa shape index (κ1) is 8.23. The van der Waals surface area contributed by atoms with Crippen LogP contribution in [0, 0.1) is 6.92 Å². The van der Waals surface area contributed by atoms with E-state index >= 15 is 0 Å². The van der Waals surface area contributed by atoms with E-state index < -0.39 is 0 Å². The third-order valence-electron chi connectivity index (χ3n) is 2.64. The van der Waals surface area contributed by atoms with E-state index in [-0.39, 0.29) is 5.56 Å². The topological polar surface area (TPSA) is 50.2 Å². The van der Waals surface area contributed by atoms with Gasteiger partial charge in [-0.2, -0.15) is 5.10 Å². The summed E-state index contributed by atoms with van der Waals surface area (Å²) in [6.45, 7) is 2.02. The Bertz CT molecular complexity index is 708. The van der Waals surface area contributed by atoms with Crippen molar-refractivity contribution in [3.05, 3.63) is 46.5 Å². The SMILES string of the molecule is Cc1cccc2c1cc1c(=O)[nH]cnn12. The van der Waals surface area contributed by atoms with Gasteiger partial charge in [0.05, 0.1) is 5.52 Å². The third kappa shape index (κ3) is 1.01. The van der Waals surface area contributed by atoms with Gasteiger partial charge in [0, 0.05) is 5.39 Å². The van der Waals surface area contributed by atoms with Gasteiger partial charge in [0.2, 0.25) is 0 Å². The van der Waals surface area contributed by atoms with Crippen LogP contribution in [0.15, 0.2) is 35.4 Å². The van der Waals surface area contributed by atoms with Crippen LogP contribution in [0.3, 0.4) is 0 Å². The molecule has 0 radical (unpaired) electrons. The van der Waals surface area contributed by atoms with Crippen molar-refractivity contribution in [1.29, 1.82) is 0 Å². The maximum Gasteiger partial charge on any atom is 0.275 e. The largest absolute Gasteiger partial charge is 0.310 e. The second-order valence-electron chi connectivity index (χ2n) is 3.57. The van der Waals surface area contributed by atoms with Crippen molar-refractivity contribution in [3.8, 4) is 0 Å². The average molecular weight is 199 g/mol. The third-order valence-corrected chi connectivity index (χ3v) is 2.64. The number of benzene rings is 1. The summed E-state index contributed by atoms with van der Waals surface area (Å²) in [5, 5.41) is 5.20. The number of hydrogen-bond acceptors (Lipinski definition) is 2. The molecular weight excluding hydrogens is 190 g/mol. The van der Waals surface area contributed by atoms with Crippen LogP contribution in [0.4, 0.5) is 0 Å². The fourth-order valence-corrected chi connectivity index (χ4v) is 1.87. The van der Waals surface area contributed by atoms with Crippen LogP contribution < -0.4 is 5.56 Å². The number of aromatic amines is 1. The van der Waals surface area contributed by atoms with Crippen molar-refractivity contribution >= 4 is 16.4 Å². The number of nitrogens with one attached hydrogen (secondary N) is 1. The molecule has 0 aliphatic heterocycles. The van der Waals surface area contributed by atoms with Gasteiger partial charge in [-0.25, -0.2) is 4.52 Å². The lowest BCUT2D eigenvalue weighted by Gasteiger charge is -1.95. The van der Waals surface area contributed by atoms with Crippen molar-refractivity contribution < 1.29 is 0 Å². The van der Waals surface area contributed by atoms with Crippen LogP contribution in [-0.4, -0.2) is 14.6 Å². The van der Waals surface area contributed by atoms with Gasteiger partial charge in [0.15, 0.2) is 0 Å². The molecule has 1 aromatic carbocycles. The standard InChI is InChI=1S/C11H9N3O/c1-7-3-2-4-9-8(7)5-10-11(15)12-6-13-14(9)10/h2-6H,1H3,(H,12,13,15). The first-order chi connectivity index (χ1) is 7.27. The van der Waals surface area contributed by atoms with Crippen molar-refractivity contribution in [1.82, 2.24) is 14.6 Å². The number of hydrogen-bond donors (Lipinski definition) is 1. The van der Waals surface area contributed by atoms with E-state index in [9.17, 15) is 4.79 Å². The maximum absolute atomic E-state index is 11.5. The molecule has 74 valence electrons. The van der Waals surface area contributed by atoms with E-state index in [0.29, 0.717) is 5.52 Å². The molecular formula is C11H9N3O. The summed E-state index contributed by atoms with van der Waals surface area (Å²) in [4.78, 5) is 14.1. The van der Waals surface area contributed by atoms with Crippen LogP contribution in [0.5, 0.6) is 0 Å². The van der Waals surface area contributed by atoms with E-state index in [0.717, 1.165) is 16.5 Å². The Morgan fingerprint density at radius 1 is 1.33 bits per heavy atom. The van der Waals surface area contributed by atoms with Crippen LogP contribution >= 0.6 is 0 Å². The van der Waals surface area contributed by atoms with Gasteiger partial charge < -0.3 is 4.98 Å². The van der Waals surface area contributed by atoms with Crippen molar-refractivity contribution in [2.75, 3.05) is 0 Å². The minimum absolute atomic E-state index is 0.111.